The quantitative estimate of drug-likeness (QED) is 0.731. The van der Waals surface area contributed by atoms with Gasteiger partial charge in [0.25, 0.3) is 5.91 Å². The van der Waals surface area contributed by atoms with Crippen LogP contribution in [-0.2, 0) is 14.3 Å². The van der Waals surface area contributed by atoms with Crippen LogP contribution in [-0.4, -0.2) is 72.6 Å². The summed E-state index contributed by atoms with van der Waals surface area (Å²) >= 11 is 1.62. The second-order valence-corrected chi connectivity index (χ2v) is 8.07. The van der Waals surface area contributed by atoms with E-state index in [0.29, 0.717) is 18.0 Å². The molecular formula is C20H25N5O3S. The largest absolute Gasteiger partial charge is 0.379 e. The first-order valence-corrected chi connectivity index (χ1v) is 10.9. The van der Waals surface area contributed by atoms with Crippen LogP contribution in [0.1, 0.15) is 18.4 Å². The van der Waals surface area contributed by atoms with E-state index in [1.54, 1.807) is 11.8 Å². The third-order valence-electron chi connectivity index (χ3n) is 5.06. The molecule has 1 saturated heterocycles. The molecule has 2 N–H and O–H groups in total. The Morgan fingerprint density at radius 2 is 2.14 bits per heavy atom. The number of hydrogen-bond donors (Lipinski definition) is 2. The fourth-order valence-corrected chi connectivity index (χ4v) is 4.35. The Morgan fingerprint density at radius 1 is 1.28 bits per heavy atom. The van der Waals surface area contributed by atoms with Gasteiger partial charge in [-0.3, -0.25) is 14.5 Å². The van der Waals surface area contributed by atoms with E-state index >= 15 is 0 Å². The Morgan fingerprint density at radius 3 is 3.00 bits per heavy atom. The fourth-order valence-electron chi connectivity index (χ4n) is 3.55. The topological polar surface area (TPSA) is 86.3 Å². The van der Waals surface area contributed by atoms with Crippen molar-refractivity contribution >= 4 is 35.1 Å². The van der Waals surface area contributed by atoms with Crippen molar-refractivity contribution in [3.05, 3.63) is 40.9 Å². The predicted octanol–water partition coefficient (Wildman–Crippen LogP) is 1.42. The van der Waals surface area contributed by atoms with E-state index in [1.807, 2.05) is 34.6 Å². The third-order valence-corrected chi connectivity index (χ3v) is 5.86. The molecule has 0 unspecified atom stereocenters. The molecule has 0 atom stereocenters. The number of carbonyl (C=O) groups excluding carboxylic acids is 2. The van der Waals surface area contributed by atoms with E-state index in [0.717, 1.165) is 62.8 Å². The van der Waals surface area contributed by atoms with Gasteiger partial charge in [0.15, 0.2) is 5.84 Å². The highest BCUT2D eigenvalue weighted by molar-refractivity contribution is 8.02. The van der Waals surface area contributed by atoms with Crippen LogP contribution in [0.4, 0.5) is 5.69 Å². The number of amidine groups is 1. The number of morpholine rings is 1. The van der Waals surface area contributed by atoms with Crippen LogP contribution in [0.2, 0.25) is 0 Å². The van der Waals surface area contributed by atoms with Crippen LogP contribution in [0.25, 0.3) is 0 Å². The zero-order valence-electron chi connectivity index (χ0n) is 16.2. The molecule has 8 nitrogen and oxygen atoms in total. The number of anilines is 1. The van der Waals surface area contributed by atoms with Gasteiger partial charge in [-0.25, -0.2) is 5.43 Å². The van der Waals surface area contributed by atoms with Crippen LogP contribution in [0.15, 0.2) is 40.5 Å². The lowest BCUT2D eigenvalue weighted by Gasteiger charge is -2.33. The number of carbonyl (C=O) groups is 2. The van der Waals surface area contributed by atoms with Crippen molar-refractivity contribution in [1.82, 2.24) is 15.2 Å². The van der Waals surface area contributed by atoms with Gasteiger partial charge < -0.3 is 15.0 Å². The summed E-state index contributed by atoms with van der Waals surface area (Å²) in [5, 5.41) is 9.10. The molecule has 0 bridgehead atoms. The van der Waals surface area contributed by atoms with Crippen molar-refractivity contribution < 1.29 is 14.3 Å². The van der Waals surface area contributed by atoms with E-state index < -0.39 is 0 Å². The van der Waals surface area contributed by atoms with E-state index in [9.17, 15) is 9.59 Å². The van der Waals surface area contributed by atoms with Gasteiger partial charge in [-0.2, -0.15) is 5.10 Å². The van der Waals surface area contributed by atoms with Gasteiger partial charge in [-0.15, -0.1) is 11.8 Å². The molecular weight excluding hydrogens is 390 g/mol. The highest BCUT2D eigenvalue weighted by Gasteiger charge is 2.29. The van der Waals surface area contributed by atoms with E-state index in [-0.39, 0.29) is 11.8 Å². The molecule has 3 heterocycles. The second kappa shape index (κ2) is 9.43. The number of benzene rings is 1. The Labute approximate surface area is 174 Å². The molecule has 0 aromatic heterocycles. The number of rotatable bonds is 6. The number of fused-ring (bicyclic) bond motifs is 1. The molecule has 1 aromatic rings. The summed E-state index contributed by atoms with van der Waals surface area (Å²) in [5.41, 5.74) is 4.78. The molecule has 0 aliphatic carbocycles. The summed E-state index contributed by atoms with van der Waals surface area (Å²) in [4.78, 5) is 28.6. The molecule has 1 aromatic carbocycles. The molecule has 3 aliphatic rings. The van der Waals surface area contributed by atoms with Gasteiger partial charge in [0.05, 0.1) is 13.2 Å². The third kappa shape index (κ3) is 4.98. The number of nitrogens with one attached hydrogen (secondary N) is 2. The van der Waals surface area contributed by atoms with Crippen molar-refractivity contribution in [2.75, 3.05) is 50.5 Å². The van der Waals surface area contributed by atoms with E-state index in [2.05, 4.69) is 20.7 Å². The lowest BCUT2D eigenvalue weighted by atomic mass is 10.1. The van der Waals surface area contributed by atoms with Gasteiger partial charge in [0.2, 0.25) is 5.91 Å². The molecule has 29 heavy (non-hydrogen) atoms. The predicted molar refractivity (Wildman–Crippen MR) is 113 cm³/mol. The molecule has 3 aliphatic heterocycles. The van der Waals surface area contributed by atoms with E-state index in [4.69, 9.17) is 4.74 Å². The van der Waals surface area contributed by atoms with Crippen LogP contribution < -0.4 is 10.7 Å². The molecule has 0 radical (unpaired) electrons. The number of hydrogen-bond acceptors (Lipinski definition) is 7. The fraction of sp³-hybridized carbons (Fsp3) is 0.450. The Kier molecular flexibility index (Phi) is 6.48. The highest BCUT2D eigenvalue weighted by atomic mass is 32.2. The maximum Gasteiger partial charge on any atom is 0.288 e. The summed E-state index contributed by atoms with van der Waals surface area (Å²) in [7, 11) is 0. The molecule has 1 fully saturated rings. The first-order chi connectivity index (χ1) is 14.2. The van der Waals surface area contributed by atoms with Crippen LogP contribution in [0, 0.1) is 0 Å². The molecule has 2 amide bonds. The minimum atomic E-state index is -0.189. The zero-order chi connectivity index (χ0) is 20.1. The molecule has 154 valence electrons. The SMILES string of the molecule is O=C(CCCN1CCOCC1)Nc1cccc(C2=NNC(=O)C3=CSCCN32)c1. The van der Waals surface area contributed by atoms with Gasteiger partial charge >= 0.3 is 0 Å². The summed E-state index contributed by atoms with van der Waals surface area (Å²) in [6, 6.07) is 7.59. The normalized spacial score (nSPS) is 19.7. The monoisotopic (exact) mass is 415 g/mol. The van der Waals surface area contributed by atoms with Crippen molar-refractivity contribution in [1.29, 1.82) is 0 Å². The minimum absolute atomic E-state index is 0.00394. The molecule has 4 rings (SSSR count). The van der Waals surface area contributed by atoms with Gasteiger partial charge in [-0.05, 0) is 25.1 Å². The van der Waals surface area contributed by atoms with E-state index in [1.165, 1.54) is 0 Å². The van der Waals surface area contributed by atoms with Gasteiger partial charge in [0.1, 0.15) is 5.70 Å². The van der Waals surface area contributed by atoms with Crippen molar-refractivity contribution in [2.45, 2.75) is 12.8 Å². The maximum absolute atomic E-state index is 12.3. The lowest BCUT2D eigenvalue weighted by Crippen LogP contribution is -2.45. The Bertz CT molecular complexity index is 835. The first-order valence-electron chi connectivity index (χ1n) is 9.88. The van der Waals surface area contributed by atoms with Crippen LogP contribution in [0.3, 0.4) is 0 Å². The Balaban J connectivity index is 1.36. The van der Waals surface area contributed by atoms with Crippen molar-refractivity contribution in [2.24, 2.45) is 5.10 Å². The van der Waals surface area contributed by atoms with Crippen LogP contribution >= 0.6 is 11.8 Å². The first kappa shape index (κ1) is 19.9. The standard InChI is InChI=1S/C20H25N5O3S/c26-18(5-2-6-24-7-10-28-11-8-24)21-16-4-1-3-15(13-16)19-22-23-20(27)17-14-29-12-9-25(17)19/h1,3-4,13-14H,2,5-12H2,(H,21,26)(H,23,27). The summed E-state index contributed by atoms with van der Waals surface area (Å²) < 4.78 is 5.34. The maximum atomic E-state index is 12.3. The molecule has 0 saturated carbocycles. The highest BCUT2D eigenvalue weighted by Crippen LogP contribution is 2.25. The summed E-state index contributed by atoms with van der Waals surface area (Å²) in [6.45, 7) is 5.06. The van der Waals surface area contributed by atoms with Gasteiger partial charge in [-0.1, -0.05) is 12.1 Å². The van der Waals surface area contributed by atoms with Crippen LogP contribution in [0.5, 0.6) is 0 Å². The zero-order valence-corrected chi connectivity index (χ0v) is 17.0. The number of amides is 2. The van der Waals surface area contributed by atoms with Crippen molar-refractivity contribution in [3.8, 4) is 0 Å². The Hall–Kier alpha value is -2.36. The number of thioether (sulfide) groups is 1. The summed E-state index contributed by atoms with van der Waals surface area (Å²) in [5.74, 6) is 1.41. The molecule has 0 spiro atoms. The lowest BCUT2D eigenvalue weighted by molar-refractivity contribution is -0.119. The number of nitrogens with zero attached hydrogens (tertiary/aromatic N) is 3. The average Bonchev–Trinajstić information content (AvgIpc) is 2.75. The molecule has 9 heteroatoms. The minimum Gasteiger partial charge on any atom is -0.379 e. The smallest absolute Gasteiger partial charge is 0.288 e. The van der Waals surface area contributed by atoms with Gasteiger partial charge in [0, 0.05) is 48.5 Å². The second-order valence-electron chi connectivity index (χ2n) is 7.09. The number of ether oxygens (including phenoxy) is 1. The number of hydrazone groups is 1. The average molecular weight is 416 g/mol. The van der Waals surface area contributed by atoms with Crippen molar-refractivity contribution in [3.63, 3.8) is 0 Å². The summed E-state index contributed by atoms with van der Waals surface area (Å²) in [6.07, 6.45) is 1.30.